The van der Waals surface area contributed by atoms with E-state index in [0.717, 1.165) is 13.2 Å². The molecule has 6 nitrogen and oxygen atoms in total. The first-order valence-corrected chi connectivity index (χ1v) is 7.38. The summed E-state index contributed by atoms with van der Waals surface area (Å²) in [5.41, 5.74) is 5.16. The predicted octanol–water partition coefficient (Wildman–Crippen LogP) is 1.08. The van der Waals surface area contributed by atoms with Crippen molar-refractivity contribution in [3.8, 4) is 0 Å². The Bertz CT molecular complexity index is 638. The predicted molar refractivity (Wildman–Crippen MR) is 79.0 cm³/mol. The maximum Gasteiger partial charge on any atom is 0.337 e. The molecule has 0 atom stereocenters. The third-order valence-corrected chi connectivity index (χ3v) is 4.26. The SMILES string of the molecule is COC(=O)c1ccc(C)c(S(=O)(=O)NCC(F)(F)CN)c1.Cl. The summed E-state index contributed by atoms with van der Waals surface area (Å²) in [7, 11) is -3.04. The maximum atomic E-state index is 13.0. The molecule has 1 aromatic rings. The van der Waals surface area contributed by atoms with Gasteiger partial charge in [0.2, 0.25) is 10.0 Å². The molecule has 0 aliphatic rings. The second-order valence-electron chi connectivity index (χ2n) is 4.36. The number of nitrogens with two attached hydrogens (primary N) is 1. The molecule has 0 amide bonds. The number of rotatable bonds is 6. The molecule has 1 aromatic carbocycles. The summed E-state index contributed by atoms with van der Waals surface area (Å²) < 4.78 is 56.4. The molecule has 0 saturated carbocycles. The first-order chi connectivity index (χ1) is 9.63. The Morgan fingerprint density at radius 2 is 2.00 bits per heavy atom. The fourth-order valence-corrected chi connectivity index (χ4v) is 2.82. The molecule has 0 aliphatic heterocycles. The van der Waals surface area contributed by atoms with E-state index in [0.29, 0.717) is 5.56 Å². The van der Waals surface area contributed by atoms with Gasteiger partial charge in [0, 0.05) is 0 Å². The molecule has 126 valence electrons. The van der Waals surface area contributed by atoms with E-state index in [9.17, 15) is 22.0 Å². The second kappa shape index (κ2) is 7.82. The molecular formula is C12H17ClF2N2O4S. The summed E-state index contributed by atoms with van der Waals surface area (Å²) in [6, 6.07) is 3.85. The average molecular weight is 359 g/mol. The van der Waals surface area contributed by atoms with Gasteiger partial charge < -0.3 is 10.5 Å². The average Bonchev–Trinajstić information content (AvgIpc) is 2.45. The first-order valence-electron chi connectivity index (χ1n) is 5.89. The Labute approximate surface area is 133 Å². The number of hydrogen-bond donors (Lipinski definition) is 2. The fourth-order valence-electron chi connectivity index (χ4n) is 1.48. The number of alkyl halides is 2. The molecule has 0 saturated heterocycles. The van der Waals surface area contributed by atoms with E-state index < -0.39 is 35.0 Å². The highest BCUT2D eigenvalue weighted by atomic mass is 35.5. The topological polar surface area (TPSA) is 98.5 Å². The zero-order valence-electron chi connectivity index (χ0n) is 11.9. The minimum atomic E-state index is -4.19. The van der Waals surface area contributed by atoms with Gasteiger partial charge in [-0.2, -0.15) is 0 Å². The van der Waals surface area contributed by atoms with Crippen molar-refractivity contribution in [2.75, 3.05) is 20.2 Å². The Balaban J connectivity index is 0.00000441. The maximum absolute atomic E-state index is 13.0. The Morgan fingerprint density at radius 3 is 2.50 bits per heavy atom. The quantitative estimate of drug-likeness (QED) is 0.741. The van der Waals surface area contributed by atoms with E-state index in [1.54, 1.807) is 4.72 Å². The lowest BCUT2D eigenvalue weighted by Crippen LogP contribution is -2.41. The molecule has 10 heteroatoms. The van der Waals surface area contributed by atoms with Gasteiger partial charge in [-0.05, 0) is 24.6 Å². The van der Waals surface area contributed by atoms with Crippen LogP contribution < -0.4 is 10.5 Å². The molecule has 22 heavy (non-hydrogen) atoms. The Kier molecular flexibility index (Phi) is 7.36. The lowest BCUT2D eigenvalue weighted by molar-refractivity contribution is 0.0170. The van der Waals surface area contributed by atoms with E-state index in [-0.39, 0.29) is 22.9 Å². The number of carbonyl (C=O) groups excluding carboxylic acids is 1. The van der Waals surface area contributed by atoms with Crippen molar-refractivity contribution < 1.29 is 26.7 Å². The van der Waals surface area contributed by atoms with E-state index in [1.807, 2.05) is 0 Å². The number of ether oxygens (including phenoxy) is 1. The van der Waals surface area contributed by atoms with Gasteiger partial charge in [0.1, 0.15) is 0 Å². The number of esters is 1. The number of methoxy groups -OCH3 is 1. The highest BCUT2D eigenvalue weighted by Crippen LogP contribution is 2.19. The van der Waals surface area contributed by atoms with Crippen LogP contribution in [0.15, 0.2) is 23.1 Å². The minimum absolute atomic E-state index is 0. The summed E-state index contributed by atoms with van der Waals surface area (Å²) in [6.07, 6.45) is 0. The van der Waals surface area contributed by atoms with Gasteiger partial charge in [-0.3, -0.25) is 0 Å². The standard InChI is InChI=1S/C12H16F2N2O4S.ClH/c1-8-3-4-9(11(17)20-2)5-10(8)21(18,19)16-7-12(13,14)6-15;/h3-5,16H,6-7,15H2,1-2H3;1H. The largest absolute Gasteiger partial charge is 0.465 e. The van der Waals surface area contributed by atoms with Gasteiger partial charge in [0.05, 0.1) is 30.7 Å². The van der Waals surface area contributed by atoms with Gasteiger partial charge in [-0.1, -0.05) is 6.07 Å². The molecule has 0 radical (unpaired) electrons. The van der Waals surface area contributed by atoms with Crippen molar-refractivity contribution >= 4 is 28.4 Å². The third kappa shape index (κ3) is 5.16. The summed E-state index contributed by atoms with van der Waals surface area (Å²) in [5, 5.41) is 0. The highest BCUT2D eigenvalue weighted by Gasteiger charge is 2.30. The second-order valence-corrected chi connectivity index (χ2v) is 6.09. The van der Waals surface area contributed by atoms with Crippen LogP contribution in [0, 0.1) is 6.92 Å². The number of carbonyl (C=O) groups is 1. The van der Waals surface area contributed by atoms with E-state index in [4.69, 9.17) is 5.73 Å². The van der Waals surface area contributed by atoms with Crippen molar-refractivity contribution in [1.82, 2.24) is 4.72 Å². The summed E-state index contributed by atoms with van der Waals surface area (Å²) >= 11 is 0. The normalized spacial score (nSPS) is 11.7. The zero-order chi connectivity index (χ0) is 16.3. The van der Waals surface area contributed by atoms with Crippen LogP contribution in [0.3, 0.4) is 0 Å². The molecule has 1 rings (SSSR count). The van der Waals surface area contributed by atoms with Crippen LogP contribution in [0.1, 0.15) is 15.9 Å². The molecule has 0 unspecified atom stereocenters. The number of benzene rings is 1. The van der Waals surface area contributed by atoms with Crippen LogP contribution in [0.4, 0.5) is 8.78 Å². The minimum Gasteiger partial charge on any atom is -0.465 e. The molecule has 0 aliphatic carbocycles. The van der Waals surface area contributed by atoms with Crippen molar-refractivity contribution in [3.63, 3.8) is 0 Å². The van der Waals surface area contributed by atoms with Crippen molar-refractivity contribution in [1.29, 1.82) is 0 Å². The number of nitrogens with one attached hydrogen (secondary N) is 1. The number of hydrogen-bond acceptors (Lipinski definition) is 5. The first kappa shape index (κ1) is 20.7. The van der Waals surface area contributed by atoms with Gasteiger partial charge in [0.25, 0.3) is 5.92 Å². The number of sulfonamides is 1. The van der Waals surface area contributed by atoms with Crippen LogP contribution in [0.5, 0.6) is 0 Å². The van der Waals surface area contributed by atoms with Crippen molar-refractivity contribution in [3.05, 3.63) is 29.3 Å². The number of halogens is 3. The van der Waals surface area contributed by atoms with Crippen LogP contribution in [-0.2, 0) is 14.8 Å². The van der Waals surface area contributed by atoms with Crippen LogP contribution in [0.2, 0.25) is 0 Å². The molecular weight excluding hydrogens is 342 g/mol. The summed E-state index contributed by atoms with van der Waals surface area (Å²) in [5.74, 6) is -4.07. The van der Waals surface area contributed by atoms with E-state index in [2.05, 4.69) is 4.74 Å². The van der Waals surface area contributed by atoms with Gasteiger partial charge in [-0.15, -0.1) is 12.4 Å². The van der Waals surface area contributed by atoms with Crippen molar-refractivity contribution in [2.24, 2.45) is 5.73 Å². The molecule has 0 spiro atoms. The zero-order valence-corrected chi connectivity index (χ0v) is 13.6. The van der Waals surface area contributed by atoms with Crippen LogP contribution >= 0.6 is 12.4 Å². The lowest BCUT2D eigenvalue weighted by Gasteiger charge is -2.16. The Morgan fingerprint density at radius 1 is 1.41 bits per heavy atom. The number of aryl methyl sites for hydroxylation is 1. The van der Waals surface area contributed by atoms with Crippen LogP contribution in [0.25, 0.3) is 0 Å². The van der Waals surface area contributed by atoms with Gasteiger partial charge in [-0.25, -0.2) is 26.7 Å². The van der Waals surface area contributed by atoms with Gasteiger partial charge >= 0.3 is 5.97 Å². The monoisotopic (exact) mass is 358 g/mol. The highest BCUT2D eigenvalue weighted by molar-refractivity contribution is 7.89. The lowest BCUT2D eigenvalue weighted by atomic mass is 10.1. The smallest absolute Gasteiger partial charge is 0.337 e. The Hall–Kier alpha value is -1.29. The third-order valence-electron chi connectivity index (χ3n) is 2.72. The van der Waals surface area contributed by atoms with E-state index in [1.165, 1.54) is 19.1 Å². The molecule has 3 N–H and O–H groups in total. The molecule has 0 aromatic heterocycles. The molecule has 0 heterocycles. The summed E-state index contributed by atoms with van der Waals surface area (Å²) in [4.78, 5) is 11.1. The van der Waals surface area contributed by atoms with Gasteiger partial charge in [0.15, 0.2) is 0 Å². The van der Waals surface area contributed by atoms with Crippen LogP contribution in [-0.4, -0.2) is 40.5 Å². The fraction of sp³-hybridized carbons (Fsp3) is 0.417. The molecule has 0 bridgehead atoms. The van der Waals surface area contributed by atoms with Crippen molar-refractivity contribution in [2.45, 2.75) is 17.7 Å². The molecule has 0 fully saturated rings. The van der Waals surface area contributed by atoms with E-state index >= 15 is 0 Å². The summed E-state index contributed by atoms with van der Waals surface area (Å²) in [6.45, 7) is -0.610.